The smallest absolute Gasteiger partial charge is 0.248 e. The second kappa shape index (κ2) is 9.84. The lowest BCUT2D eigenvalue weighted by molar-refractivity contribution is -0.145. The van der Waals surface area contributed by atoms with Gasteiger partial charge in [-0.25, -0.2) is 9.97 Å². The second-order valence-electron chi connectivity index (χ2n) is 7.86. The highest BCUT2D eigenvalue weighted by Gasteiger charge is 2.29. The van der Waals surface area contributed by atoms with Crippen molar-refractivity contribution in [2.75, 3.05) is 45.3 Å². The Hall–Kier alpha value is -3.04. The summed E-state index contributed by atoms with van der Waals surface area (Å²) in [7, 11) is 3.72. The Morgan fingerprint density at radius 2 is 2.00 bits per heavy atom. The van der Waals surface area contributed by atoms with Crippen LogP contribution in [-0.2, 0) is 14.3 Å². The number of nitrogens with two attached hydrogens (primary N) is 1. The van der Waals surface area contributed by atoms with E-state index in [1.807, 2.05) is 32.8 Å². The number of carbonyl (C=O) groups excluding carboxylic acids is 2. The first-order chi connectivity index (χ1) is 14.8. The fourth-order valence-electron chi connectivity index (χ4n) is 3.25. The third-order valence-corrected chi connectivity index (χ3v) is 4.95. The average Bonchev–Trinajstić information content (AvgIpc) is 2.77. The van der Waals surface area contributed by atoms with Gasteiger partial charge in [0.15, 0.2) is 0 Å². The molecule has 0 spiro atoms. The maximum Gasteiger partial charge on any atom is 0.248 e. The first-order valence-corrected chi connectivity index (χ1v) is 10.2. The molecule has 1 aliphatic rings. The maximum absolute atomic E-state index is 12.6. The SMILES string of the molecule is CC(C)OCC(=O)N1CCOC(c2nc(N(C)C)ncc2-c2ccc(C(N)=O)cc2)C1. The normalized spacial score (nSPS) is 16.4. The number of nitrogens with zero attached hydrogens (tertiary/aromatic N) is 4. The van der Waals surface area contributed by atoms with Crippen molar-refractivity contribution in [1.29, 1.82) is 0 Å². The Bertz CT molecular complexity index is 930. The molecule has 1 saturated heterocycles. The van der Waals surface area contributed by atoms with Crippen LogP contribution in [-0.4, -0.2) is 73.2 Å². The lowest BCUT2D eigenvalue weighted by Gasteiger charge is -2.33. The Kier molecular flexibility index (Phi) is 7.19. The first-order valence-electron chi connectivity index (χ1n) is 10.2. The lowest BCUT2D eigenvalue weighted by Crippen LogP contribution is -2.44. The second-order valence-corrected chi connectivity index (χ2v) is 7.86. The van der Waals surface area contributed by atoms with Crippen LogP contribution >= 0.6 is 0 Å². The summed E-state index contributed by atoms with van der Waals surface area (Å²) in [6.45, 7) is 5.11. The minimum absolute atomic E-state index is 0.0136. The number of benzene rings is 1. The summed E-state index contributed by atoms with van der Waals surface area (Å²) in [6.07, 6.45) is 1.31. The topological polar surface area (TPSA) is 111 Å². The van der Waals surface area contributed by atoms with E-state index in [0.717, 1.165) is 11.1 Å². The van der Waals surface area contributed by atoms with Gasteiger partial charge in [0.2, 0.25) is 17.8 Å². The molecule has 0 saturated carbocycles. The number of primary amides is 1. The van der Waals surface area contributed by atoms with Crippen molar-refractivity contribution in [3.05, 3.63) is 41.7 Å². The van der Waals surface area contributed by atoms with Crippen LogP contribution in [0.15, 0.2) is 30.5 Å². The van der Waals surface area contributed by atoms with E-state index in [2.05, 4.69) is 4.98 Å². The van der Waals surface area contributed by atoms with E-state index in [1.54, 1.807) is 35.4 Å². The summed E-state index contributed by atoms with van der Waals surface area (Å²) in [5.74, 6) is -0.0155. The monoisotopic (exact) mass is 427 g/mol. The molecule has 2 amide bonds. The third-order valence-electron chi connectivity index (χ3n) is 4.95. The van der Waals surface area contributed by atoms with Crippen molar-refractivity contribution in [3.8, 4) is 11.1 Å². The summed E-state index contributed by atoms with van der Waals surface area (Å²) < 4.78 is 11.5. The number of aromatic nitrogens is 2. The van der Waals surface area contributed by atoms with Crippen molar-refractivity contribution in [2.45, 2.75) is 26.1 Å². The van der Waals surface area contributed by atoms with Crippen LogP contribution in [0.3, 0.4) is 0 Å². The van der Waals surface area contributed by atoms with E-state index < -0.39 is 12.0 Å². The quantitative estimate of drug-likeness (QED) is 0.715. The van der Waals surface area contributed by atoms with E-state index in [4.69, 9.17) is 20.2 Å². The molecular formula is C22H29N5O4. The maximum atomic E-state index is 12.6. The Balaban J connectivity index is 1.91. The molecule has 9 nitrogen and oxygen atoms in total. The van der Waals surface area contributed by atoms with Gasteiger partial charge >= 0.3 is 0 Å². The number of hydrogen-bond donors (Lipinski definition) is 1. The van der Waals surface area contributed by atoms with Gasteiger partial charge < -0.3 is 25.0 Å². The van der Waals surface area contributed by atoms with Crippen molar-refractivity contribution in [1.82, 2.24) is 14.9 Å². The van der Waals surface area contributed by atoms with Gasteiger partial charge in [-0.3, -0.25) is 9.59 Å². The van der Waals surface area contributed by atoms with E-state index in [9.17, 15) is 9.59 Å². The number of hydrogen-bond acceptors (Lipinski definition) is 7. The fourth-order valence-corrected chi connectivity index (χ4v) is 3.25. The van der Waals surface area contributed by atoms with Crippen molar-refractivity contribution >= 4 is 17.8 Å². The third kappa shape index (κ3) is 5.56. The molecule has 1 aromatic heterocycles. The predicted molar refractivity (Wildman–Crippen MR) is 117 cm³/mol. The van der Waals surface area contributed by atoms with Crippen LogP contribution in [0.5, 0.6) is 0 Å². The predicted octanol–water partition coefficient (Wildman–Crippen LogP) is 1.63. The molecule has 2 N–H and O–H groups in total. The molecule has 166 valence electrons. The molecule has 1 aliphatic heterocycles. The van der Waals surface area contributed by atoms with E-state index in [1.165, 1.54) is 0 Å². The number of amides is 2. The Labute approximate surface area is 182 Å². The molecule has 9 heteroatoms. The summed E-state index contributed by atoms with van der Waals surface area (Å²) in [6, 6.07) is 6.95. The van der Waals surface area contributed by atoms with Crippen LogP contribution in [0.25, 0.3) is 11.1 Å². The van der Waals surface area contributed by atoms with Gasteiger partial charge in [0.1, 0.15) is 12.7 Å². The summed E-state index contributed by atoms with van der Waals surface area (Å²) in [5.41, 5.74) is 8.07. The van der Waals surface area contributed by atoms with Crippen LogP contribution in [0, 0.1) is 0 Å². The van der Waals surface area contributed by atoms with Gasteiger partial charge in [-0.1, -0.05) is 12.1 Å². The number of rotatable bonds is 7. The van der Waals surface area contributed by atoms with Crippen LogP contribution in [0.2, 0.25) is 0 Å². The van der Waals surface area contributed by atoms with Crippen LogP contribution in [0.4, 0.5) is 5.95 Å². The number of carbonyl (C=O) groups is 2. The molecule has 1 fully saturated rings. The molecule has 1 atom stereocenters. The lowest BCUT2D eigenvalue weighted by atomic mass is 10.0. The highest BCUT2D eigenvalue weighted by molar-refractivity contribution is 5.93. The van der Waals surface area contributed by atoms with Gasteiger partial charge in [-0.05, 0) is 31.5 Å². The molecule has 31 heavy (non-hydrogen) atoms. The van der Waals surface area contributed by atoms with Gasteiger partial charge in [0, 0.05) is 38.0 Å². The molecular weight excluding hydrogens is 398 g/mol. The van der Waals surface area contributed by atoms with Gasteiger partial charge in [-0.15, -0.1) is 0 Å². The van der Waals surface area contributed by atoms with Crippen molar-refractivity contribution in [2.24, 2.45) is 5.73 Å². The molecule has 2 heterocycles. The molecule has 0 radical (unpaired) electrons. The van der Waals surface area contributed by atoms with Crippen LogP contribution < -0.4 is 10.6 Å². The highest BCUT2D eigenvalue weighted by atomic mass is 16.5. The molecule has 1 unspecified atom stereocenters. The summed E-state index contributed by atoms with van der Waals surface area (Å²) >= 11 is 0. The molecule has 3 rings (SSSR count). The number of morpholine rings is 1. The largest absolute Gasteiger partial charge is 0.369 e. The van der Waals surface area contributed by atoms with Crippen molar-refractivity contribution < 1.29 is 19.1 Å². The van der Waals surface area contributed by atoms with Gasteiger partial charge in [0.05, 0.1) is 24.9 Å². The summed E-state index contributed by atoms with van der Waals surface area (Å²) in [5, 5.41) is 0. The zero-order valence-corrected chi connectivity index (χ0v) is 18.4. The minimum atomic E-state index is -0.487. The number of ether oxygens (including phenoxy) is 2. The zero-order chi connectivity index (χ0) is 22.5. The minimum Gasteiger partial charge on any atom is -0.369 e. The Morgan fingerprint density at radius 1 is 1.29 bits per heavy atom. The molecule has 1 aromatic carbocycles. The van der Waals surface area contributed by atoms with E-state index in [0.29, 0.717) is 36.9 Å². The van der Waals surface area contributed by atoms with E-state index >= 15 is 0 Å². The van der Waals surface area contributed by atoms with E-state index in [-0.39, 0.29) is 18.6 Å². The average molecular weight is 428 g/mol. The van der Waals surface area contributed by atoms with Crippen molar-refractivity contribution in [3.63, 3.8) is 0 Å². The van der Waals surface area contributed by atoms with Gasteiger partial charge in [0.25, 0.3) is 0 Å². The molecule has 0 bridgehead atoms. The number of anilines is 1. The first kappa shape index (κ1) is 22.6. The van der Waals surface area contributed by atoms with Crippen LogP contribution in [0.1, 0.15) is 36.0 Å². The summed E-state index contributed by atoms with van der Waals surface area (Å²) in [4.78, 5) is 36.7. The zero-order valence-electron chi connectivity index (χ0n) is 18.4. The molecule has 2 aromatic rings. The Morgan fingerprint density at radius 3 is 2.61 bits per heavy atom. The standard InChI is InChI=1S/C22H29N5O4/c1-14(2)31-13-19(28)27-9-10-30-18(12-27)20-17(11-24-22(25-20)26(3)4)15-5-7-16(8-6-15)21(23)29/h5-8,11,14,18H,9-10,12-13H2,1-4H3,(H2,23,29). The fraction of sp³-hybridized carbons (Fsp3) is 0.455. The molecule has 0 aliphatic carbocycles. The van der Waals surface area contributed by atoms with Gasteiger partial charge in [-0.2, -0.15) is 0 Å². The highest BCUT2D eigenvalue weighted by Crippen LogP contribution is 2.31.